The second kappa shape index (κ2) is 7.17. The van der Waals surface area contributed by atoms with Crippen molar-refractivity contribution in [2.45, 2.75) is 31.6 Å². The van der Waals surface area contributed by atoms with Gasteiger partial charge in [0.05, 0.1) is 12.3 Å². The highest BCUT2D eigenvalue weighted by molar-refractivity contribution is 6.07. The Balaban J connectivity index is 1.75. The van der Waals surface area contributed by atoms with Crippen LogP contribution in [0.2, 0.25) is 0 Å². The molecule has 25 heavy (non-hydrogen) atoms. The van der Waals surface area contributed by atoms with E-state index in [1.165, 1.54) is 6.08 Å². The first kappa shape index (κ1) is 17.3. The molecule has 3 rings (SSSR count). The zero-order valence-electron chi connectivity index (χ0n) is 13.8. The van der Waals surface area contributed by atoms with Crippen LogP contribution in [0.15, 0.2) is 43.2 Å². The van der Waals surface area contributed by atoms with Gasteiger partial charge in [0.1, 0.15) is 5.75 Å². The normalized spacial score (nSPS) is 17.2. The van der Waals surface area contributed by atoms with Gasteiger partial charge in [0.25, 0.3) is 0 Å². The van der Waals surface area contributed by atoms with Gasteiger partial charge in [0, 0.05) is 36.0 Å². The number of anilines is 1. The third kappa shape index (κ3) is 4.13. The van der Waals surface area contributed by atoms with Crippen LogP contribution in [-0.2, 0) is 4.79 Å². The number of nitrogens with zero attached hydrogens (tertiary/aromatic N) is 1. The maximum atomic E-state index is 13.2. The molecule has 1 aromatic carbocycles. The van der Waals surface area contributed by atoms with Crippen LogP contribution in [0, 0.1) is 5.92 Å². The number of amides is 1. The SMILES string of the molecule is C=CC(=O)Nc1ccc(OCC2CCC(F)(F)CC2)c2ccncc12. The molecule has 1 aromatic heterocycles. The van der Waals surface area contributed by atoms with Crippen molar-refractivity contribution < 1.29 is 18.3 Å². The third-order valence-corrected chi connectivity index (χ3v) is 4.53. The lowest BCUT2D eigenvalue weighted by Gasteiger charge is -2.28. The molecular weight excluding hydrogens is 326 g/mol. The maximum Gasteiger partial charge on any atom is 0.248 e. The minimum Gasteiger partial charge on any atom is -0.493 e. The molecule has 6 heteroatoms. The summed E-state index contributed by atoms with van der Waals surface area (Å²) < 4.78 is 32.4. The minimum atomic E-state index is -2.53. The maximum absolute atomic E-state index is 13.2. The Morgan fingerprint density at radius 3 is 2.80 bits per heavy atom. The monoisotopic (exact) mass is 346 g/mol. The number of benzene rings is 1. The summed E-state index contributed by atoms with van der Waals surface area (Å²) in [7, 11) is 0. The summed E-state index contributed by atoms with van der Waals surface area (Å²) in [5.74, 6) is -2.04. The topological polar surface area (TPSA) is 51.2 Å². The minimum absolute atomic E-state index is 0.0712. The molecule has 1 fully saturated rings. The number of carbonyl (C=O) groups excluding carboxylic acids is 1. The number of hydrogen-bond acceptors (Lipinski definition) is 3. The average molecular weight is 346 g/mol. The molecular formula is C19H20F2N2O2. The summed E-state index contributed by atoms with van der Waals surface area (Å²) in [5, 5.41) is 4.31. The Kier molecular flexibility index (Phi) is 4.97. The quantitative estimate of drug-likeness (QED) is 0.807. The number of pyridine rings is 1. The smallest absolute Gasteiger partial charge is 0.248 e. The van der Waals surface area contributed by atoms with Crippen LogP contribution in [0.5, 0.6) is 5.75 Å². The molecule has 0 bridgehead atoms. The van der Waals surface area contributed by atoms with Gasteiger partial charge < -0.3 is 10.1 Å². The Morgan fingerprint density at radius 2 is 2.08 bits per heavy atom. The lowest BCUT2D eigenvalue weighted by Crippen LogP contribution is -2.27. The van der Waals surface area contributed by atoms with Gasteiger partial charge in [-0.15, -0.1) is 0 Å². The number of ether oxygens (including phenoxy) is 1. The Bertz CT molecular complexity index is 782. The standard InChI is InChI=1S/C19H20F2N2O2/c1-2-18(24)23-16-3-4-17(14-7-10-22-11-15(14)16)25-12-13-5-8-19(20,21)9-6-13/h2-4,7,10-11,13H,1,5-6,8-9,12H2,(H,23,24). The molecule has 0 unspecified atom stereocenters. The van der Waals surface area contributed by atoms with E-state index in [1.807, 2.05) is 6.07 Å². The second-order valence-electron chi connectivity index (χ2n) is 6.34. The lowest BCUT2D eigenvalue weighted by molar-refractivity contribution is -0.111. The number of rotatable bonds is 5. The third-order valence-electron chi connectivity index (χ3n) is 4.53. The zero-order valence-corrected chi connectivity index (χ0v) is 13.8. The van der Waals surface area contributed by atoms with Crippen LogP contribution in [0.3, 0.4) is 0 Å². The predicted molar refractivity (Wildman–Crippen MR) is 93.0 cm³/mol. The number of alkyl halides is 2. The molecule has 1 aliphatic rings. The largest absolute Gasteiger partial charge is 0.493 e. The van der Waals surface area contributed by atoms with Crippen LogP contribution >= 0.6 is 0 Å². The van der Waals surface area contributed by atoms with Crippen LogP contribution in [-0.4, -0.2) is 23.4 Å². The molecule has 132 valence electrons. The molecule has 1 aliphatic carbocycles. The van der Waals surface area contributed by atoms with Gasteiger partial charge in [-0.1, -0.05) is 6.58 Å². The molecule has 1 saturated carbocycles. The molecule has 1 heterocycles. The molecule has 0 saturated heterocycles. The molecule has 2 aromatic rings. The van der Waals surface area contributed by atoms with Crippen molar-refractivity contribution in [2.24, 2.45) is 5.92 Å². The fourth-order valence-corrected chi connectivity index (χ4v) is 3.06. The molecule has 1 amide bonds. The summed E-state index contributed by atoms with van der Waals surface area (Å²) in [5.41, 5.74) is 0.623. The number of hydrogen-bond donors (Lipinski definition) is 1. The van der Waals surface area contributed by atoms with Crippen molar-refractivity contribution in [3.05, 3.63) is 43.2 Å². The van der Waals surface area contributed by atoms with E-state index in [0.29, 0.717) is 30.9 Å². The summed E-state index contributed by atoms with van der Waals surface area (Å²) in [6, 6.07) is 5.33. The summed E-state index contributed by atoms with van der Waals surface area (Å²) in [6.45, 7) is 3.85. The number of fused-ring (bicyclic) bond motifs is 1. The highest BCUT2D eigenvalue weighted by Crippen LogP contribution is 2.37. The molecule has 4 nitrogen and oxygen atoms in total. The van der Waals surface area contributed by atoms with Crippen molar-refractivity contribution >= 4 is 22.4 Å². The Hall–Kier alpha value is -2.50. The van der Waals surface area contributed by atoms with Gasteiger partial charge in [0.2, 0.25) is 11.8 Å². The molecule has 0 radical (unpaired) electrons. The van der Waals surface area contributed by atoms with Gasteiger partial charge in [-0.05, 0) is 43.0 Å². The van der Waals surface area contributed by atoms with E-state index in [1.54, 1.807) is 24.5 Å². The number of nitrogens with one attached hydrogen (secondary N) is 1. The first-order chi connectivity index (χ1) is 12.0. The van der Waals surface area contributed by atoms with E-state index in [4.69, 9.17) is 4.74 Å². The van der Waals surface area contributed by atoms with Crippen molar-refractivity contribution in [2.75, 3.05) is 11.9 Å². The van der Waals surface area contributed by atoms with Gasteiger partial charge in [-0.2, -0.15) is 0 Å². The molecule has 0 atom stereocenters. The van der Waals surface area contributed by atoms with Crippen molar-refractivity contribution in [3.8, 4) is 5.75 Å². The van der Waals surface area contributed by atoms with E-state index in [9.17, 15) is 13.6 Å². The summed E-state index contributed by atoms with van der Waals surface area (Å²) >= 11 is 0. The Labute approximate surface area is 144 Å². The highest BCUT2D eigenvalue weighted by atomic mass is 19.3. The van der Waals surface area contributed by atoms with E-state index >= 15 is 0 Å². The van der Waals surface area contributed by atoms with Crippen LogP contribution in [0.25, 0.3) is 10.8 Å². The average Bonchev–Trinajstić information content (AvgIpc) is 2.62. The van der Waals surface area contributed by atoms with E-state index in [0.717, 1.165) is 10.8 Å². The van der Waals surface area contributed by atoms with E-state index < -0.39 is 5.92 Å². The van der Waals surface area contributed by atoms with Gasteiger partial charge in [-0.3, -0.25) is 9.78 Å². The first-order valence-corrected chi connectivity index (χ1v) is 8.29. The summed E-state index contributed by atoms with van der Waals surface area (Å²) in [4.78, 5) is 15.7. The number of aromatic nitrogens is 1. The molecule has 1 N–H and O–H groups in total. The second-order valence-corrected chi connectivity index (χ2v) is 6.34. The number of halogens is 2. The predicted octanol–water partition coefficient (Wildman–Crippen LogP) is 4.56. The fourth-order valence-electron chi connectivity index (χ4n) is 3.06. The zero-order chi connectivity index (χ0) is 17.9. The Morgan fingerprint density at radius 1 is 1.32 bits per heavy atom. The van der Waals surface area contributed by atoms with Crippen LogP contribution < -0.4 is 10.1 Å². The highest BCUT2D eigenvalue weighted by Gasteiger charge is 2.35. The van der Waals surface area contributed by atoms with Crippen LogP contribution in [0.4, 0.5) is 14.5 Å². The van der Waals surface area contributed by atoms with Gasteiger partial charge >= 0.3 is 0 Å². The first-order valence-electron chi connectivity index (χ1n) is 8.29. The van der Waals surface area contributed by atoms with Gasteiger partial charge in [-0.25, -0.2) is 8.78 Å². The van der Waals surface area contributed by atoms with Crippen molar-refractivity contribution in [1.29, 1.82) is 0 Å². The lowest BCUT2D eigenvalue weighted by atomic mass is 9.87. The number of carbonyl (C=O) groups is 1. The molecule has 0 aliphatic heterocycles. The van der Waals surface area contributed by atoms with E-state index in [2.05, 4.69) is 16.9 Å². The van der Waals surface area contributed by atoms with Crippen molar-refractivity contribution in [1.82, 2.24) is 4.98 Å². The fraction of sp³-hybridized carbons (Fsp3) is 0.368. The van der Waals surface area contributed by atoms with E-state index in [-0.39, 0.29) is 24.7 Å². The van der Waals surface area contributed by atoms with Crippen molar-refractivity contribution in [3.63, 3.8) is 0 Å². The summed E-state index contributed by atoms with van der Waals surface area (Å²) in [6.07, 6.45) is 5.30. The van der Waals surface area contributed by atoms with Gasteiger partial charge in [0.15, 0.2) is 0 Å². The molecule has 0 spiro atoms. The van der Waals surface area contributed by atoms with Crippen LogP contribution in [0.1, 0.15) is 25.7 Å².